The Kier molecular flexibility index (Phi) is 8.33. The standard InChI is InChI=1S/C32H22N2.Pt/c1-3-9-25(10-4-1)29-19-21-33-31(23-29)17-15-27-13-7-8-14-28(27)16-18-32-24-30(20-22-34-32)26-11-5-2-6-12-26;/h1-14,17-24H;/q-2;+2. The summed E-state index contributed by atoms with van der Waals surface area (Å²) in [5.41, 5.74) is 8.22. The molecule has 5 rings (SSSR count). The van der Waals surface area contributed by atoms with Gasteiger partial charge in [-0.05, 0) is 45.8 Å². The van der Waals surface area contributed by atoms with Crippen molar-refractivity contribution >= 4 is 12.2 Å². The molecule has 0 amide bonds. The SMILES string of the molecule is [C-](=Cc1cc(-c2ccccc2)ccn1)c1ccccc1[C-]=Cc1cc(-c2ccccc2)ccn1.[Pt+2]. The van der Waals surface area contributed by atoms with Gasteiger partial charge in [-0.2, -0.15) is 24.3 Å². The summed E-state index contributed by atoms with van der Waals surface area (Å²) in [5, 5.41) is 0. The average Bonchev–Trinajstić information content (AvgIpc) is 2.92. The van der Waals surface area contributed by atoms with E-state index in [1.807, 2.05) is 97.3 Å². The van der Waals surface area contributed by atoms with Gasteiger partial charge in [0.15, 0.2) is 0 Å². The maximum atomic E-state index is 4.49. The summed E-state index contributed by atoms with van der Waals surface area (Å²) in [4.78, 5) is 8.97. The smallest absolute Gasteiger partial charge is 0.305 e. The van der Waals surface area contributed by atoms with Crippen molar-refractivity contribution in [1.29, 1.82) is 0 Å². The van der Waals surface area contributed by atoms with Crippen LogP contribution in [0.25, 0.3) is 34.4 Å². The molecular formula is C32H22N2Pt. The first-order valence-corrected chi connectivity index (χ1v) is 11.2. The number of hydrogen-bond donors (Lipinski definition) is 0. The van der Waals surface area contributed by atoms with Crippen molar-refractivity contribution in [3.63, 3.8) is 0 Å². The van der Waals surface area contributed by atoms with Crippen LogP contribution in [0, 0.1) is 12.2 Å². The van der Waals surface area contributed by atoms with Crippen molar-refractivity contribution < 1.29 is 21.1 Å². The van der Waals surface area contributed by atoms with Gasteiger partial charge in [0, 0.05) is 12.4 Å². The van der Waals surface area contributed by atoms with E-state index in [0.29, 0.717) is 0 Å². The molecule has 3 aromatic carbocycles. The Morgan fingerprint density at radius 2 is 0.857 bits per heavy atom. The minimum absolute atomic E-state index is 0. The van der Waals surface area contributed by atoms with Gasteiger partial charge in [-0.15, -0.1) is 24.3 Å². The monoisotopic (exact) mass is 629 g/mol. The molecule has 0 saturated heterocycles. The molecule has 0 aliphatic rings. The number of aromatic nitrogens is 2. The van der Waals surface area contributed by atoms with Gasteiger partial charge in [-0.3, -0.25) is 0 Å². The molecule has 0 radical (unpaired) electrons. The Hall–Kier alpha value is -3.87. The van der Waals surface area contributed by atoms with Crippen molar-refractivity contribution in [2.75, 3.05) is 0 Å². The molecule has 35 heavy (non-hydrogen) atoms. The van der Waals surface area contributed by atoms with Crippen molar-refractivity contribution in [2.45, 2.75) is 0 Å². The maximum Gasteiger partial charge on any atom is 2.00 e. The van der Waals surface area contributed by atoms with Gasteiger partial charge in [0.05, 0.1) is 0 Å². The van der Waals surface area contributed by atoms with E-state index < -0.39 is 0 Å². The van der Waals surface area contributed by atoms with Crippen LogP contribution in [0.5, 0.6) is 0 Å². The number of pyridine rings is 2. The van der Waals surface area contributed by atoms with E-state index in [1.165, 1.54) is 11.1 Å². The van der Waals surface area contributed by atoms with E-state index in [0.717, 1.165) is 33.6 Å². The second-order valence-corrected chi connectivity index (χ2v) is 7.79. The zero-order valence-corrected chi connectivity index (χ0v) is 21.2. The van der Waals surface area contributed by atoms with Gasteiger partial charge >= 0.3 is 21.1 Å². The molecule has 2 heterocycles. The van der Waals surface area contributed by atoms with Gasteiger partial charge in [-0.25, -0.2) is 11.1 Å². The molecule has 0 spiro atoms. The van der Waals surface area contributed by atoms with Crippen LogP contribution in [0.3, 0.4) is 0 Å². The van der Waals surface area contributed by atoms with Crippen molar-refractivity contribution in [3.8, 4) is 22.3 Å². The van der Waals surface area contributed by atoms with Crippen LogP contribution >= 0.6 is 0 Å². The molecule has 0 aliphatic carbocycles. The molecule has 3 heteroatoms. The Labute approximate surface area is 221 Å². The molecule has 2 aromatic heterocycles. The summed E-state index contributed by atoms with van der Waals surface area (Å²) in [5.74, 6) is 0. The van der Waals surface area contributed by atoms with Crippen LogP contribution < -0.4 is 0 Å². The summed E-state index contributed by atoms with van der Waals surface area (Å²) in [7, 11) is 0. The fourth-order valence-corrected chi connectivity index (χ4v) is 3.71. The number of benzene rings is 3. The van der Waals surface area contributed by atoms with Crippen LogP contribution in [0.4, 0.5) is 0 Å². The van der Waals surface area contributed by atoms with Crippen LogP contribution in [0.2, 0.25) is 0 Å². The van der Waals surface area contributed by atoms with Crippen LogP contribution in [-0.2, 0) is 21.1 Å². The third kappa shape index (κ3) is 6.38. The normalized spacial score (nSPS) is 11.0. The summed E-state index contributed by atoms with van der Waals surface area (Å²) in [6, 6.07) is 36.9. The van der Waals surface area contributed by atoms with Crippen LogP contribution in [0.15, 0.2) is 122 Å². The number of nitrogens with zero attached hydrogens (tertiary/aromatic N) is 2. The molecule has 170 valence electrons. The Balaban J connectivity index is 0.00000289. The van der Waals surface area contributed by atoms with Crippen molar-refractivity contribution in [2.24, 2.45) is 0 Å². The second-order valence-electron chi connectivity index (χ2n) is 7.79. The second kappa shape index (κ2) is 12.0. The molecule has 0 unspecified atom stereocenters. The molecule has 0 atom stereocenters. The minimum atomic E-state index is 0. The number of rotatable bonds is 6. The van der Waals surface area contributed by atoms with E-state index >= 15 is 0 Å². The fraction of sp³-hybridized carbons (Fsp3) is 0. The maximum absolute atomic E-state index is 4.49. The summed E-state index contributed by atoms with van der Waals surface area (Å²) in [6.45, 7) is 0. The Morgan fingerprint density at radius 1 is 0.457 bits per heavy atom. The number of hydrogen-bond acceptors (Lipinski definition) is 2. The molecule has 5 aromatic rings. The first-order valence-electron chi connectivity index (χ1n) is 11.2. The zero-order chi connectivity index (χ0) is 23.0. The predicted octanol–water partition coefficient (Wildman–Crippen LogP) is 7.54. The van der Waals surface area contributed by atoms with E-state index in [4.69, 9.17) is 0 Å². The Morgan fingerprint density at radius 3 is 1.29 bits per heavy atom. The molecule has 0 saturated carbocycles. The predicted molar refractivity (Wildman–Crippen MR) is 139 cm³/mol. The van der Waals surface area contributed by atoms with Gasteiger partial charge in [0.25, 0.3) is 0 Å². The third-order valence-electron chi connectivity index (χ3n) is 5.45. The molecule has 0 bridgehead atoms. The van der Waals surface area contributed by atoms with Crippen LogP contribution in [-0.4, -0.2) is 9.97 Å². The first kappa shape index (κ1) is 24.3. The fourth-order valence-electron chi connectivity index (χ4n) is 3.71. The van der Waals surface area contributed by atoms with E-state index in [2.05, 4.69) is 58.5 Å². The van der Waals surface area contributed by atoms with Crippen LogP contribution in [0.1, 0.15) is 22.5 Å². The molecular weight excluding hydrogens is 607 g/mol. The van der Waals surface area contributed by atoms with Gasteiger partial charge in [-0.1, -0.05) is 72.8 Å². The van der Waals surface area contributed by atoms with E-state index in [-0.39, 0.29) is 21.1 Å². The third-order valence-corrected chi connectivity index (χ3v) is 5.45. The minimum Gasteiger partial charge on any atom is -0.305 e. The zero-order valence-electron chi connectivity index (χ0n) is 18.9. The summed E-state index contributed by atoms with van der Waals surface area (Å²) < 4.78 is 0. The van der Waals surface area contributed by atoms with Crippen molar-refractivity contribution in [1.82, 2.24) is 9.97 Å². The topological polar surface area (TPSA) is 25.8 Å². The quantitative estimate of drug-likeness (QED) is 0.182. The van der Waals surface area contributed by atoms with Gasteiger partial charge < -0.3 is 9.97 Å². The molecule has 0 fully saturated rings. The molecule has 0 aliphatic heterocycles. The van der Waals surface area contributed by atoms with Crippen molar-refractivity contribution in [3.05, 3.63) is 156 Å². The first-order chi connectivity index (χ1) is 16.8. The van der Waals surface area contributed by atoms with E-state index in [9.17, 15) is 0 Å². The summed E-state index contributed by atoms with van der Waals surface area (Å²) in [6.07, 6.45) is 14.3. The van der Waals surface area contributed by atoms with Gasteiger partial charge in [0.1, 0.15) is 0 Å². The van der Waals surface area contributed by atoms with Gasteiger partial charge in [0.2, 0.25) is 0 Å². The molecule has 2 nitrogen and oxygen atoms in total. The molecule has 0 N–H and O–H groups in total. The largest absolute Gasteiger partial charge is 2.00 e. The average molecular weight is 630 g/mol. The summed E-state index contributed by atoms with van der Waals surface area (Å²) >= 11 is 0. The Bertz CT molecular complexity index is 1330. The van der Waals surface area contributed by atoms with E-state index in [1.54, 1.807) is 0 Å².